The molecule has 0 fully saturated rings. The Morgan fingerprint density at radius 3 is 2.57 bits per heavy atom. The van der Waals surface area contributed by atoms with Gasteiger partial charge < -0.3 is 9.30 Å². The van der Waals surface area contributed by atoms with Crippen molar-refractivity contribution in [2.24, 2.45) is 0 Å². The summed E-state index contributed by atoms with van der Waals surface area (Å²) in [4.78, 5) is 0. The molecule has 0 aliphatic heterocycles. The highest BCUT2D eigenvalue weighted by Gasteiger charge is 2.09. The van der Waals surface area contributed by atoms with Gasteiger partial charge in [0.2, 0.25) is 0 Å². The van der Waals surface area contributed by atoms with Crippen LogP contribution in [0.2, 0.25) is 5.02 Å². The summed E-state index contributed by atoms with van der Waals surface area (Å²) in [7, 11) is 0. The summed E-state index contributed by atoms with van der Waals surface area (Å²) >= 11 is 5.89. The Morgan fingerprint density at radius 2 is 1.86 bits per heavy atom. The SMILES string of the molecule is CCn1c(COc2ccc(Cl)cc2)cc2c(C)cccc21. The van der Waals surface area contributed by atoms with Crippen molar-refractivity contribution in [2.45, 2.75) is 27.0 Å². The quantitative estimate of drug-likeness (QED) is 0.645. The van der Waals surface area contributed by atoms with E-state index in [1.165, 1.54) is 22.2 Å². The standard InChI is InChI=1S/C18H18ClNO/c1-3-20-15(11-17-13(2)5-4-6-18(17)20)12-21-16-9-7-14(19)8-10-16/h4-11H,3,12H2,1-2H3. The number of ether oxygens (including phenoxy) is 1. The Kier molecular flexibility index (Phi) is 3.89. The lowest BCUT2D eigenvalue weighted by atomic mass is 10.1. The molecule has 3 heteroatoms. The van der Waals surface area contributed by atoms with Gasteiger partial charge in [-0.3, -0.25) is 0 Å². The van der Waals surface area contributed by atoms with Gasteiger partial charge in [0.15, 0.2) is 0 Å². The molecule has 21 heavy (non-hydrogen) atoms. The van der Waals surface area contributed by atoms with Gasteiger partial charge in [-0.05, 0) is 55.8 Å². The van der Waals surface area contributed by atoms with Crippen LogP contribution in [0.15, 0.2) is 48.5 Å². The Morgan fingerprint density at radius 1 is 1.10 bits per heavy atom. The number of aryl methyl sites for hydroxylation is 2. The molecule has 0 saturated heterocycles. The third kappa shape index (κ3) is 2.77. The monoisotopic (exact) mass is 299 g/mol. The van der Waals surface area contributed by atoms with E-state index in [9.17, 15) is 0 Å². The summed E-state index contributed by atoms with van der Waals surface area (Å²) in [6, 6.07) is 16.1. The molecule has 0 aliphatic rings. The number of rotatable bonds is 4. The Hall–Kier alpha value is -1.93. The molecule has 0 atom stereocenters. The molecule has 1 heterocycles. The average Bonchev–Trinajstić information content (AvgIpc) is 2.86. The van der Waals surface area contributed by atoms with Crippen molar-refractivity contribution < 1.29 is 4.74 Å². The van der Waals surface area contributed by atoms with Gasteiger partial charge in [-0.1, -0.05) is 23.7 Å². The fourth-order valence-electron chi connectivity index (χ4n) is 2.67. The maximum Gasteiger partial charge on any atom is 0.128 e. The number of fused-ring (bicyclic) bond motifs is 1. The van der Waals surface area contributed by atoms with E-state index < -0.39 is 0 Å². The minimum atomic E-state index is 0.559. The molecular formula is C18H18ClNO. The van der Waals surface area contributed by atoms with Gasteiger partial charge in [0.25, 0.3) is 0 Å². The van der Waals surface area contributed by atoms with Crippen molar-refractivity contribution in [3.63, 3.8) is 0 Å². The fourth-order valence-corrected chi connectivity index (χ4v) is 2.79. The predicted molar refractivity (Wildman–Crippen MR) is 88.1 cm³/mol. The summed E-state index contributed by atoms with van der Waals surface area (Å²) in [6.45, 7) is 5.80. The highest BCUT2D eigenvalue weighted by atomic mass is 35.5. The van der Waals surface area contributed by atoms with Crippen LogP contribution in [0.3, 0.4) is 0 Å². The lowest BCUT2D eigenvalue weighted by Crippen LogP contribution is -2.04. The highest BCUT2D eigenvalue weighted by molar-refractivity contribution is 6.30. The largest absolute Gasteiger partial charge is 0.487 e. The first kappa shape index (κ1) is 14.0. The van der Waals surface area contributed by atoms with E-state index in [1.807, 2.05) is 24.3 Å². The molecule has 3 rings (SSSR count). The van der Waals surface area contributed by atoms with E-state index in [-0.39, 0.29) is 0 Å². The molecule has 1 aromatic heterocycles. The molecule has 0 N–H and O–H groups in total. The van der Waals surface area contributed by atoms with Gasteiger partial charge in [0.05, 0.1) is 5.69 Å². The number of benzene rings is 2. The van der Waals surface area contributed by atoms with Gasteiger partial charge >= 0.3 is 0 Å². The zero-order chi connectivity index (χ0) is 14.8. The topological polar surface area (TPSA) is 14.2 Å². The van der Waals surface area contributed by atoms with Gasteiger partial charge in [0, 0.05) is 22.5 Å². The van der Waals surface area contributed by atoms with Crippen molar-refractivity contribution in [1.29, 1.82) is 0 Å². The number of hydrogen-bond donors (Lipinski definition) is 0. The minimum Gasteiger partial charge on any atom is -0.487 e. The number of nitrogens with zero attached hydrogens (tertiary/aromatic N) is 1. The molecule has 0 aliphatic carbocycles. The summed E-state index contributed by atoms with van der Waals surface area (Å²) in [5.41, 5.74) is 3.76. The predicted octanol–water partition coefficient (Wildman–Crippen LogP) is 5.20. The number of hydrogen-bond acceptors (Lipinski definition) is 1. The van der Waals surface area contributed by atoms with E-state index in [4.69, 9.17) is 16.3 Å². The molecule has 0 spiro atoms. The van der Waals surface area contributed by atoms with Crippen LogP contribution in [0.4, 0.5) is 0 Å². The zero-order valence-corrected chi connectivity index (χ0v) is 13.0. The van der Waals surface area contributed by atoms with Crippen LogP contribution in [0, 0.1) is 6.92 Å². The van der Waals surface area contributed by atoms with E-state index in [2.05, 4.69) is 42.7 Å². The van der Waals surface area contributed by atoms with Crippen molar-refractivity contribution >= 4 is 22.5 Å². The highest BCUT2D eigenvalue weighted by Crippen LogP contribution is 2.24. The molecule has 0 amide bonds. The van der Waals surface area contributed by atoms with Crippen LogP contribution >= 0.6 is 11.6 Å². The molecule has 0 radical (unpaired) electrons. The second-order valence-electron chi connectivity index (χ2n) is 5.13. The molecule has 3 aromatic rings. The molecule has 0 unspecified atom stereocenters. The Balaban J connectivity index is 1.89. The summed E-state index contributed by atoms with van der Waals surface area (Å²) in [6.07, 6.45) is 0. The Labute approximate surface area is 129 Å². The second-order valence-corrected chi connectivity index (χ2v) is 5.57. The maximum atomic E-state index is 5.89. The first-order valence-electron chi connectivity index (χ1n) is 7.15. The van der Waals surface area contributed by atoms with Crippen molar-refractivity contribution in [3.05, 3.63) is 64.8 Å². The van der Waals surface area contributed by atoms with Crippen LogP contribution in [-0.4, -0.2) is 4.57 Å². The second kappa shape index (κ2) is 5.82. The summed E-state index contributed by atoms with van der Waals surface area (Å²) in [5.74, 6) is 0.837. The van der Waals surface area contributed by atoms with Crippen LogP contribution in [0.25, 0.3) is 10.9 Å². The number of halogens is 1. The van der Waals surface area contributed by atoms with E-state index >= 15 is 0 Å². The Bertz CT molecular complexity index is 759. The van der Waals surface area contributed by atoms with Crippen molar-refractivity contribution in [2.75, 3.05) is 0 Å². The molecule has 0 bridgehead atoms. The van der Waals surface area contributed by atoms with E-state index in [0.29, 0.717) is 6.61 Å². The lowest BCUT2D eigenvalue weighted by Gasteiger charge is -2.10. The van der Waals surface area contributed by atoms with Gasteiger partial charge in [-0.15, -0.1) is 0 Å². The summed E-state index contributed by atoms with van der Waals surface area (Å²) in [5, 5.41) is 2.02. The minimum absolute atomic E-state index is 0.559. The number of aromatic nitrogens is 1. The fraction of sp³-hybridized carbons (Fsp3) is 0.222. The van der Waals surface area contributed by atoms with E-state index in [0.717, 1.165) is 17.3 Å². The summed E-state index contributed by atoms with van der Waals surface area (Å²) < 4.78 is 8.18. The van der Waals surface area contributed by atoms with Gasteiger partial charge in [0.1, 0.15) is 12.4 Å². The zero-order valence-electron chi connectivity index (χ0n) is 12.3. The maximum absolute atomic E-state index is 5.89. The van der Waals surface area contributed by atoms with Crippen LogP contribution in [0.1, 0.15) is 18.2 Å². The molecule has 0 saturated carbocycles. The molecule has 108 valence electrons. The van der Waals surface area contributed by atoms with Crippen LogP contribution in [0.5, 0.6) is 5.75 Å². The van der Waals surface area contributed by atoms with Crippen molar-refractivity contribution in [1.82, 2.24) is 4.57 Å². The van der Waals surface area contributed by atoms with Gasteiger partial charge in [-0.2, -0.15) is 0 Å². The average molecular weight is 300 g/mol. The van der Waals surface area contributed by atoms with Crippen LogP contribution < -0.4 is 4.74 Å². The lowest BCUT2D eigenvalue weighted by molar-refractivity contribution is 0.296. The molecule has 2 aromatic carbocycles. The molecule has 2 nitrogen and oxygen atoms in total. The van der Waals surface area contributed by atoms with Gasteiger partial charge in [-0.25, -0.2) is 0 Å². The normalized spacial score (nSPS) is 11.0. The first-order valence-corrected chi connectivity index (χ1v) is 7.53. The molecular weight excluding hydrogens is 282 g/mol. The smallest absolute Gasteiger partial charge is 0.128 e. The van der Waals surface area contributed by atoms with Crippen LogP contribution in [-0.2, 0) is 13.2 Å². The third-order valence-electron chi connectivity index (χ3n) is 3.77. The third-order valence-corrected chi connectivity index (χ3v) is 4.02. The van der Waals surface area contributed by atoms with Crippen molar-refractivity contribution in [3.8, 4) is 5.75 Å². The first-order chi connectivity index (χ1) is 10.2. The van der Waals surface area contributed by atoms with E-state index in [1.54, 1.807) is 0 Å².